The van der Waals surface area contributed by atoms with Crippen LogP contribution < -0.4 is 0 Å². The van der Waals surface area contributed by atoms with Gasteiger partial charge in [0.2, 0.25) is 0 Å². The normalized spacial score (nSPS) is 10.8. The van der Waals surface area contributed by atoms with Crippen LogP contribution >= 0.6 is 11.3 Å². The highest BCUT2D eigenvalue weighted by atomic mass is 32.1. The molecule has 0 amide bonds. The molecule has 0 aliphatic heterocycles. The van der Waals surface area contributed by atoms with Gasteiger partial charge in [-0.25, -0.2) is 4.98 Å². The Hall–Kier alpha value is -0.740. The van der Waals surface area contributed by atoms with Crippen LogP contribution in [0.1, 0.15) is 20.4 Å². The highest BCUT2D eigenvalue weighted by Crippen LogP contribution is 2.16. The van der Waals surface area contributed by atoms with Gasteiger partial charge in [-0.05, 0) is 21.0 Å². The van der Waals surface area contributed by atoms with Crippen LogP contribution in [0.25, 0.3) is 0 Å². The summed E-state index contributed by atoms with van der Waals surface area (Å²) in [5.41, 5.74) is 0.936. The van der Waals surface area contributed by atoms with Crippen LogP contribution in [0, 0.1) is 6.92 Å². The zero-order valence-corrected chi connectivity index (χ0v) is 9.02. The predicted octanol–water partition coefficient (Wildman–Crippen LogP) is 1.37. The van der Waals surface area contributed by atoms with Crippen molar-refractivity contribution < 1.29 is 4.79 Å². The average molecular weight is 198 g/mol. The molecule has 72 valence electrons. The molecule has 3 nitrogen and oxygen atoms in total. The lowest BCUT2D eigenvalue weighted by Gasteiger charge is -2.07. The van der Waals surface area contributed by atoms with Crippen molar-refractivity contribution in [3.05, 3.63) is 15.6 Å². The molecule has 0 spiro atoms. The number of carbonyl (C=O) groups excluding carboxylic acids is 1. The van der Waals surface area contributed by atoms with Crippen LogP contribution in [0.5, 0.6) is 0 Å². The van der Waals surface area contributed by atoms with Gasteiger partial charge in [-0.2, -0.15) is 0 Å². The lowest BCUT2D eigenvalue weighted by Crippen LogP contribution is -2.15. The number of rotatable bonds is 4. The zero-order valence-electron chi connectivity index (χ0n) is 8.20. The number of aromatic nitrogens is 1. The minimum atomic E-state index is 0.777. The van der Waals surface area contributed by atoms with E-state index in [-0.39, 0.29) is 0 Å². The fourth-order valence-corrected chi connectivity index (χ4v) is 1.87. The molecule has 0 atom stereocenters. The van der Waals surface area contributed by atoms with Gasteiger partial charge < -0.3 is 4.90 Å². The molecule has 0 saturated heterocycles. The van der Waals surface area contributed by atoms with Crippen LogP contribution in [-0.4, -0.2) is 36.8 Å². The maximum atomic E-state index is 10.6. The van der Waals surface area contributed by atoms with Crippen LogP contribution in [-0.2, 0) is 6.42 Å². The molecular formula is C9H14N2OS. The van der Waals surface area contributed by atoms with Crippen molar-refractivity contribution >= 4 is 17.6 Å². The van der Waals surface area contributed by atoms with Gasteiger partial charge in [0, 0.05) is 13.0 Å². The topological polar surface area (TPSA) is 33.2 Å². The molecular weight excluding hydrogens is 184 g/mol. The van der Waals surface area contributed by atoms with Gasteiger partial charge >= 0.3 is 0 Å². The Morgan fingerprint density at radius 3 is 2.77 bits per heavy atom. The minimum absolute atomic E-state index is 0.777. The second-order valence-corrected chi connectivity index (χ2v) is 4.45. The number of nitrogens with zero attached hydrogens (tertiary/aromatic N) is 2. The molecule has 0 bridgehead atoms. The molecule has 1 aromatic rings. The van der Waals surface area contributed by atoms with E-state index in [9.17, 15) is 4.79 Å². The first-order chi connectivity index (χ1) is 6.13. The molecule has 0 aromatic carbocycles. The van der Waals surface area contributed by atoms with E-state index < -0.39 is 0 Å². The quantitative estimate of drug-likeness (QED) is 0.685. The van der Waals surface area contributed by atoms with E-state index in [1.807, 2.05) is 21.0 Å². The fourth-order valence-electron chi connectivity index (χ4n) is 1.09. The average Bonchev–Trinajstić information content (AvgIpc) is 2.42. The van der Waals surface area contributed by atoms with E-state index in [0.717, 1.165) is 34.8 Å². The molecule has 4 heteroatoms. The lowest BCUT2D eigenvalue weighted by molar-refractivity contribution is 0.112. The van der Waals surface area contributed by atoms with Gasteiger partial charge in [-0.1, -0.05) is 0 Å². The van der Waals surface area contributed by atoms with Crippen LogP contribution in [0.2, 0.25) is 0 Å². The molecule has 0 saturated carbocycles. The third kappa shape index (κ3) is 2.90. The van der Waals surface area contributed by atoms with Crippen LogP contribution in [0.15, 0.2) is 0 Å². The summed E-state index contributed by atoms with van der Waals surface area (Å²) in [5, 5.41) is 0.968. The second-order valence-electron chi connectivity index (χ2n) is 3.21. The van der Waals surface area contributed by atoms with Gasteiger partial charge in [-0.3, -0.25) is 4.79 Å². The maximum absolute atomic E-state index is 10.6. The molecule has 0 unspecified atom stereocenters. The Balaban J connectivity index is 2.69. The number of thiazole rings is 1. The number of aldehydes is 1. The van der Waals surface area contributed by atoms with E-state index in [0.29, 0.717) is 0 Å². The Kier molecular flexibility index (Phi) is 3.57. The van der Waals surface area contributed by atoms with Crippen LogP contribution in [0.4, 0.5) is 0 Å². The van der Waals surface area contributed by atoms with E-state index in [2.05, 4.69) is 9.88 Å². The summed E-state index contributed by atoms with van der Waals surface area (Å²) in [4.78, 5) is 17.8. The van der Waals surface area contributed by atoms with Crippen molar-refractivity contribution in [2.75, 3.05) is 20.6 Å². The molecule has 0 fully saturated rings. The highest BCUT2D eigenvalue weighted by molar-refractivity contribution is 7.13. The summed E-state index contributed by atoms with van der Waals surface area (Å²) in [7, 11) is 4.03. The Bertz CT molecular complexity index is 294. The zero-order chi connectivity index (χ0) is 9.84. The van der Waals surface area contributed by atoms with Gasteiger partial charge in [0.25, 0.3) is 0 Å². The molecule has 0 radical (unpaired) electrons. The number of hydrogen-bond acceptors (Lipinski definition) is 4. The van der Waals surface area contributed by atoms with Crippen molar-refractivity contribution in [3.63, 3.8) is 0 Å². The van der Waals surface area contributed by atoms with Gasteiger partial charge in [0.1, 0.15) is 0 Å². The summed E-state index contributed by atoms with van der Waals surface area (Å²) < 4.78 is 0. The second kappa shape index (κ2) is 4.48. The standard InChI is InChI=1S/C9H14N2OS/c1-7-10-8(4-5-11(2)3)9(6-12)13-7/h6H,4-5H2,1-3H3. The van der Waals surface area contributed by atoms with Crippen molar-refractivity contribution in [1.29, 1.82) is 0 Å². The largest absolute Gasteiger partial charge is 0.309 e. The number of carbonyl (C=O) groups is 1. The molecule has 1 rings (SSSR count). The molecule has 0 aliphatic rings. The fraction of sp³-hybridized carbons (Fsp3) is 0.556. The van der Waals surface area contributed by atoms with Gasteiger partial charge in [0.15, 0.2) is 6.29 Å². The van der Waals surface area contributed by atoms with E-state index in [1.54, 1.807) is 0 Å². The minimum Gasteiger partial charge on any atom is -0.309 e. The van der Waals surface area contributed by atoms with E-state index in [4.69, 9.17) is 0 Å². The third-order valence-corrected chi connectivity index (χ3v) is 2.68. The highest BCUT2D eigenvalue weighted by Gasteiger charge is 2.07. The third-order valence-electron chi connectivity index (χ3n) is 1.74. The van der Waals surface area contributed by atoms with Crippen molar-refractivity contribution in [1.82, 2.24) is 9.88 Å². The molecule has 0 aliphatic carbocycles. The number of hydrogen-bond donors (Lipinski definition) is 0. The Morgan fingerprint density at radius 1 is 1.54 bits per heavy atom. The van der Waals surface area contributed by atoms with Gasteiger partial charge in [0.05, 0.1) is 15.6 Å². The van der Waals surface area contributed by atoms with Gasteiger partial charge in [-0.15, -0.1) is 11.3 Å². The number of likely N-dealkylation sites (N-methyl/N-ethyl adjacent to an activating group) is 1. The SMILES string of the molecule is Cc1nc(CCN(C)C)c(C=O)s1. The summed E-state index contributed by atoms with van der Waals surface area (Å²) >= 11 is 1.47. The predicted molar refractivity (Wildman–Crippen MR) is 54.5 cm³/mol. The molecule has 1 aromatic heterocycles. The monoisotopic (exact) mass is 198 g/mol. The maximum Gasteiger partial charge on any atom is 0.161 e. The first-order valence-electron chi connectivity index (χ1n) is 4.19. The van der Waals surface area contributed by atoms with Crippen molar-refractivity contribution in [2.24, 2.45) is 0 Å². The number of aryl methyl sites for hydroxylation is 1. The lowest BCUT2D eigenvalue weighted by atomic mass is 10.3. The smallest absolute Gasteiger partial charge is 0.161 e. The molecule has 1 heterocycles. The summed E-state index contributed by atoms with van der Waals surface area (Å²) in [6, 6.07) is 0. The molecule has 0 N–H and O–H groups in total. The summed E-state index contributed by atoms with van der Waals surface area (Å²) in [6.07, 6.45) is 1.75. The first kappa shape index (κ1) is 10.3. The van der Waals surface area contributed by atoms with E-state index in [1.165, 1.54) is 11.3 Å². The van der Waals surface area contributed by atoms with E-state index >= 15 is 0 Å². The van der Waals surface area contributed by atoms with Crippen molar-refractivity contribution in [3.8, 4) is 0 Å². The van der Waals surface area contributed by atoms with Crippen LogP contribution in [0.3, 0.4) is 0 Å². The summed E-state index contributed by atoms with van der Waals surface area (Å²) in [6.45, 7) is 2.86. The Morgan fingerprint density at radius 2 is 2.23 bits per heavy atom. The Labute approximate surface area is 82.4 Å². The molecule has 13 heavy (non-hydrogen) atoms. The summed E-state index contributed by atoms with van der Waals surface area (Å²) in [5.74, 6) is 0. The first-order valence-corrected chi connectivity index (χ1v) is 5.01. The van der Waals surface area contributed by atoms with Crippen molar-refractivity contribution in [2.45, 2.75) is 13.3 Å².